The number of aryl methyl sites for hydroxylation is 2. The predicted molar refractivity (Wildman–Crippen MR) is 114 cm³/mol. The van der Waals surface area contributed by atoms with Crippen molar-refractivity contribution in [3.8, 4) is 0 Å². The minimum absolute atomic E-state index is 0.112. The average molecular weight is 385 g/mol. The van der Waals surface area contributed by atoms with E-state index in [1.165, 1.54) is 32.1 Å². The zero-order valence-corrected chi connectivity index (χ0v) is 17.1. The molecule has 152 valence electrons. The van der Waals surface area contributed by atoms with Crippen LogP contribution < -0.4 is 5.63 Å². The van der Waals surface area contributed by atoms with Crippen molar-refractivity contribution in [2.75, 3.05) is 0 Å². The van der Waals surface area contributed by atoms with Gasteiger partial charge in [-0.05, 0) is 73.8 Å². The topological polar surface area (TPSA) is 30.2 Å². The molecule has 0 atom stereocenters. The summed E-state index contributed by atoms with van der Waals surface area (Å²) in [5.41, 5.74) is 0.0957. The van der Waals surface area contributed by atoms with E-state index < -0.39 is 5.63 Å². The molecule has 1 aromatic heterocycles. The van der Waals surface area contributed by atoms with E-state index in [0.717, 1.165) is 38.0 Å². The van der Waals surface area contributed by atoms with Crippen molar-refractivity contribution >= 4 is 10.8 Å². The first kappa shape index (κ1) is 20.8. The van der Waals surface area contributed by atoms with Crippen molar-refractivity contribution in [3.05, 3.63) is 58.4 Å². The van der Waals surface area contributed by atoms with Gasteiger partial charge in [0.1, 0.15) is 17.0 Å². The SMILES string of the molecule is C=CC1CCC(CCCCc2ccc3cc(CCCC)oc(=O)c3c2F)CC1. The lowest BCUT2D eigenvalue weighted by Crippen LogP contribution is -2.12. The Labute approximate surface area is 167 Å². The molecule has 1 fully saturated rings. The molecule has 0 saturated heterocycles. The fraction of sp³-hybridized carbons (Fsp3) is 0.560. The van der Waals surface area contributed by atoms with E-state index in [0.29, 0.717) is 29.0 Å². The maximum absolute atomic E-state index is 14.9. The van der Waals surface area contributed by atoms with Crippen molar-refractivity contribution in [2.45, 2.75) is 77.6 Å². The van der Waals surface area contributed by atoms with Crippen LogP contribution >= 0.6 is 0 Å². The number of unbranched alkanes of at least 4 members (excludes halogenated alkanes) is 2. The second kappa shape index (κ2) is 10.0. The van der Waals surface area contributed by atoms with Crippen molar-refractivity contribution in [2.24, 2.45) is 11.8 Å². The normalized spacial score (nSPS) is 19.8. The molecule has 0 aliphatic heterocycles. The third-order valence-electron chi connectivity index (χ3n) is 6.31. The molecule has 3 rings (SSSR count). The Morgan fingerprint density at radius 2 is 1.93 bits per heavy atom. The first-order chi connectivity index (χ1) is 13.6. The Hall–Kier alpha value is -1.90. The average Bonchev–Trinajstić information content (AvgIpc) is 2.71. The molecule has 1 aliphatic rings. The van der Waals surface area contributed by atoms with Crippen molar-refractivity contribution in [3.63, 3.8) is 0 Å². The predicted octanol–water partition coefficient (Wildman–Crippen LogP) is 6.98. The maximum atomic E-state index is 14.9. The molecule has 1 saturated carbocycles. The van der Waals surface area contributed by atoms with Crippen LogP contribution in [-0.2, 0) is 12.8 Å². The minimum atomic E-state index is -0.540. The first-order valence-corrected chi connectivity index (χ1v) is 11.0. The lowest BCUT2D eigenvalue weighted by atomic mass is 9.80. The van der Waals surface area contributed by atoms with E-state index in [1.807, 2.05) is 18.2 Å². The van der Waals surface area contributed by atoms with E-state index in [9.17, 15) is 9.18 Å². The third kappa shape index (κ3) is 5.12. The van der Waals surface area contributed by atoms with Gasteiger partial charge < -0.3 is 4.42 Å². The number of benzene rings is 1. The molecule has 0 bridgehead atoms. The summed E-state index contributed by atoms with van der Waals surface area (Å²) in [7, 11) is 0. The van der Waals surface area contributed by atoms with Crippen LogP contribution in [0.3, 0.4) is 0 Å². The lowest BCUT2D eigenvalue weighted by molar-refractivity contribution is 0.290. The molecule has 3 heteroatoms. The van der Waals surface area contributed by atoms with Gasteiger partial charge in [-0.3, -0.25) is 0 Å². The third-order valence-corrected chi connectivity index (χ3v) is 6.31. The summed E-state index contributed by atoms with van der Waals surface area (Å²) in [6.45, 7) is 6.00. The summed E-state index contributed by atoms with van der Waals surface area (Å²) in [6.07, 6.45) is 13.9. The van der Waals surface area contributed by atoms with E-state index in [4.69, 9.17) is 4.42 Å². The molecule has 0 spiro atoms. The number of fused-ring (bicyclic) bond motifs is 1. The van der Waals surface area contributed by atoms with Crippen molar-refractivity contribution in [1.29, 1.82) is 0 Å². The summed E-state index contributed by atoms with van der Waals surface area (Å²) in [5.74, 6) is 1.78. The molecule has 0 N–H and O–H groups in total. The van der Waals surface area contributed by atoms with E-state index in [2.05, 4.69) is 19.6 Å². The van der Waals surface area contributed by atoms with Crippen LogP contribution in [0, 0.1) is 17.7 Å². The smallest absolute Gasteiger partial charge is 0.346 e. The largest absolute Gasteiger partial charge is 0.427 e. The molecule has 28 heavy (non-hydrogen) atoms. The zero-order chi connectivity index (χ0) is 19.9. The fourth-order valence-corrected chi connectivity index (χ4v) is 4.46. The van der Waals surface area contributed by atoms with Crippen molar-refractivity contribution in [1.82, 2.24) is 0 Å². The van der Waals surface area contributed by atoms with Gasteiger partial charge in [-0.1, -0.05) is 44.4 Å². The van der Waals surface area contributed by atoms with Gasteiger partial charge in [0.2, 0.25) is 0 Å². The van der Waals surface area contributed by atoms with Crippen LogP contribution in [0.4, 0.5) is 4.39 Å². The molecule has 2 nitrogen and oxygen atoms in total. The minimum Gasteiger partial charge on any atom is -0.427 e. The Morgan fingerprint density at radius 3 is 2.64 bits per heavy atom. The number of halogens is 1. The maximum Gasteiger partial charge on any atom is 0.346 e. The summed E-state index contributed by atoms with van der Waals surface area (Å²) < 4.78 is 20.3. The molecule has 1 aliphatic carbocycles. The van der Waals surface area contributed by atoms with E-state index in [1.54, 1.807) is 0 Å². The Balaban J connectivity index is 1.58. The van der Waals surface area contributed by atoms with Crippen LogP contribution in [0.25, 0.3) is 10.8 Å². The second-order valence-electron chi connectivity index (χ2n) is 8.37. The van der Waals surface area contributed by atoms with Crippen LogP contribution in [0.5, 0.6) is 0 Å². The molecule has 1 aromatic carbocycles. The first-order valence-electron chi connectivity index (χ1n) is 11.0. The molecular weight excluding hydrogens is 351 g/mol. The van der Waals surface area contributed by atoms with Gasteiger partial charge in [0.25, 0.3) is 0 Å². The quantitative estimate of drug-likeness (QED) is 0.345. The number of hydrogen-bond acceptors (Lipinski definition) is 2. The lowest BCUT2D eigenvalue weighted by Gasteiger charge is -2.26. The highest BCUT2D eigenvalue weighted by atomic mass is 19.1. The summed E-state index contributed by atoms with van der Waals surface area (Å²) in [5, 5.41) is 0.767. The van der Waals surface area contributed by atoms with E-state index >= 15 is 0 Å². The van der Waals surface area contributed by atoms with Gasteiger partial charge in [0.05, 0.1) is 0 Å². The van der Waals surface area contributed by atoms with Gasteiger partial charge in [-0.15, -0.1) is 6.58 Å². The van der Waals surface area contributed by atoms with Gasteiger partial charge in [0, 0.05) is 6.42 Å². The summed E-state index contributed by atoms with van der Waals surface area (Å²) in [6, 6.07) is 5.53. The zero-order valence-electron chi connectivity index (χ0n) is 17.1. The molecule has 1 heterocycles. The highest BCUT2D eigenvalue weighted by Gasteiger charge is 2.19. The Morgan fingerprint density at radius 1 is 1.14 bits per heavy atom. The van der Waals surface area contributed by atoms with Crippen LogP contribution in [0.2, 0.25) is 0 Å². The fourth-order valence-electron chi connectivity index (χ4n) is 4.46. The van der Waals surface area contributed by atoms with E-state index in [-0.39, 0.29) is 11.2 Å². The Kier molecular flexibility index (Phi) is 7.47. The van der Waals surface area contributed by atoms with Gasteiger partial charge >= 0.3 is 5.63 Å². The highest BCUT2D eigenvalue weighted by Crippen LogP contribution is 2.32. The van der Waals surface area contributed by atoms with Crippen LogP contribution in [-0.4, -0.2) is 0 Å². The van der Waals surface area contributed by atoms with Crippen molar-refractivity contribution < 1.29 is 8.81 Å². The van der Waals surface area contributed by atoms with Gasteiger partial charge in [-0.25, -0.2) is 9.18 Å². The molecule has 0 radical (unpaired) electrons. The molecule has 2 aromatic rings. The summed E-state index contributed by atoms with van der Waals surface area (Å²) >= 11 is 0. The number of rotatable bonds is 9. The van der Waals surface area contributed by atoms with Crippen LogP contribution in [0.1, 0.15) is 76.0 Å². The standard InChI is InChI=1S/C25H33FO2/c1-3-5-10-22-17-21-16-15-20(24(26)23(21)25(27)28-22)9-7-6-8-19-13-11-18(4-2)12-14-19/h4,15-19H,2-3,5-14H2,1H3. The second-order valence-corrected chi connectivity index (χ2v) is 8.37. The number of hydrogen-bond donors (Lipinski definition) is 0. The van der Waals surface area contributed by atoms with Gasteiger partial charge in [0.15, 0.2) is 0 Å². The summed E-state index contributed by atoms with van der Waals surface area (Å²) in [4.78, 5) is 12.3. The molecule has 0 unspecified atom stereocenters. The van der Waals surface area contributed by atoms with Gasteiger partial charge in [-0.2, -0.15) is 0 Å². The molecular formula is C25H33FO2. The monoisotopic (exact) mass is 384 g/mol. The highest BCUT2D eigenvalue weighted by molar-refractivity contribution is 5.82. The number of allylic oxidation sites excluding steroid dienone is 1. The Bertz CT molecular complexity index is 843. The van der Waals surface area contributed by atoms with Crippen LogP contribution in [0.15, 0.2) is 40.1 Å². The molecule has 0 amide bonds.